The number of nitrogens with zero attached hydrogens (tertiary/aromatic N) is 2. The maximum absolute atomic E-state index is 12.2. The lowest BCUT2D eigenvalue weighted by Crippen LogP contribution is -2.38. The Morgan fingerprint density at radius 3 is 2.43 bits per heavy atom. The van der Waals surface area contributed by atoms with Crippen molar-refractivity contribution < 1.29 is 14.3 Å². The van der Waals surface area contributed by atoms with Crippen LogP contribution in [0.15, 0.2) is 12.3 Å². The first-order chi connectivity index (χ1) is 9.90. The first-order valence-electron chi connectivity index (χ1n) is 7.37. The van der Waals surface area contributed by atoms with Gasteiger partial charge in [0.05, 0.1) is 5.69 Å². The zero-order valence-electron chi connectivity index (χ0n) is 12.8. The number of hydrogen-bond donors (Lipinski definition) is 1. The molecule has 0 saturated carbocycles. The quantitative estimate of drug-likeness (QED) is 0.859. The van der Waals surface area contributed by atoms with Crippen LogP contribution in [0.2, 0.25) is 0 Å². The van der Waals surface area contributed by atoms with Gasteiger partial charge in [-0.15, -0.1) is 0 Å². The van der Waals surface area contributed by atoms with Gasteiger partial charge in [0.2, 0.25) is 0 Å². The van der Waals surface area contributed by atoms with Gasteiger partial charge in [0.15, 0.2) is 6.10 Å². The van der Waals surface area contributed by atoms with Crippen molar-refractivity contribution in [2.24, 2.45) is 0 Å². The minimum Gasteiger partial charge on any atom is -0.448 e. The molecule has 2 heterocycles. The van der Waals surface area contributed by atoms with Crippen LogP contribution in [0.25, 0.3) is 0 Å². The largest absolute Gasteiger partial charge is 0.448 e. The van der Waals surface area contributed by atoms with Gasteiger partial charge in [-0.05, 0) is 39.7 Å². The maximum Gasteiger partial charge on any atom is 0.355 e. The fraction of sp³-hybridized carbons (Fsp3) is 0.600. The van der Waals surface area contributed by atoms with E-state index in [1.54, 1.807) is 28.7 Å². The molecule has 1 aromatic rings. The van der Waals surface area contributed by atoms with E-state index in [2.05, 4.69) is 0 Å². The van der Waals surface area contributed by atoms with Crippen LogP contribution in [0.4, 0.5) is 5.69 Å². The number of anilines is 1. The number of amides is 1. The van der Waals surface area contributed by atoms with Crippen molar-refractivity contribution in [2.75, 3.05) is 18.8 Å². The minimum absolute atomic E-state index is 0.0921. The fourth-order valence-electron chi connectivity index (χ4n) is 2.56. The SMILES string of the molecule is CC(OC(=O)c1cc(N)cn1C(C)C)C(=O)N1CCCC1. The molecular weight excluding hydrogens is 270 g/mol. The van der Waals surface area contributed by atoms with Crippen LogP contribution in [-0.4, -0.2) is 40.5 Å². The number of nitrogen functional groups attached to an aromatic ring is 1. The summed E-state index contributed by atoms with van der Waals surface area (Å²) in [5.41, 5.74) is 6.63. The Hall–Kier alpha value is -1.98. The molecule has 0 spiro atoms. The van der Waals surface area contributed by atoms with Gasteiger partial charge in [-0.1, -0.05) is 0 Å². The van der Waals surface area contributed by atoms with Crippen molar-refractivity contribution >= 4 is 17.6 Å². The topological polar surface area (TPSA) is 77.6 Å². The standard InChI is InChI=1S/C15H23N3O3/c1-10(2)18-9-12(16)8-13(18)15(20)21-11(3)14(19)17-6-4-5-7-17/h8-11H,4-7,16H2,1-3H3. The molecule has 1 saturated heterocycles. The molecule has 1 atom stereocenters. The number of ether oxygens (including phenoxy) is 1. The first kappa shape index (κ1) is 15.4. The summed E-state index contributed by atoms with van der Waals surface area (Å²) < 4.78 is 7.06. The zero-order valence-corrected chi connectivity index (χ0v) is 12.8. The second kappa shape index (κ2) is 6.20. The molecule has 1 amide bonds. The lowest BCUT2D eigenvalue weighted by molar-refractivity contribution is -0.138. The van der Waals surface area contributed by atoms with Crippen molar-refractivity contribution in [3.63, 3.8) is 0 Å². The van der Waals surface area contributed by atoms with Crippen LogP contribution >= 0.6 is 0 Å². The van der Waals surface area contributed by atoms with E-state index in [-0.39, 0.29) is 11.9 Å². The van der Waals surface area contributed by atoms with Crippen molar-refractivity contribution in [1.29, 1.82) is 0 Å². The highest BCUT2D eigenvalue weighted by Gasteiger charge is 2.27. The van der Waals surface area contributed by atoms with Crippen molar-refractivity contribution in [2.45, 2.75) is 45.8 Å². The lowest BCUT2D eigenvalue weighted by atomic mass is 10.3. The van der Waals surface area contributed by atoms with Gasteiger partial charge >= 0.3 is 5.97 Å². The molecule has 0 aromatic carbocycles. The van der Waals surface area contributed by atoms with E-state index in [0.29, 0.717) is 11.4 Å². The van der Waals surface area contributed by atoms with Gasteiger partial charge in [0.1, 0.15) is 5.69 Å². The normalized spacial score (nSPS) is 16.3. The first-order valence-corrected chi connectivity index (χ1v) is 7.37. The highest BCUT2D eigenvalue weighted by molar-refractivity contribution is 5.92. The number of esters is 1. The molecule has 0 aliphatic carbocycles. The number of carbonyl (C=O) groups is 2. The van der Waals surface area contributed by atoms with E-state index in [4.69, 9.17) is 10.5 Å². The molecule has 1 aromatic heterocycles. The Balaban J connectivity index is 2.05. The zero-order chi connectivity index (χ0) is 15.6. The monoisotopic (exact) mass is 293 g/mol. The number of carbonyl (C=O) groups excluding carboxylic acids is 2. The molecule has 116 valence electrons. The molecule has 2 N–H and O–H groups in total. The smallest absolute Gasteiger partial charge is 0.355 e. The molecule has 0 radical (unpaired) electrons. The third kappa shape index (κ3) is 3.37. The Kier molecular flexibility index (Phi) is 4.55. The number of rotatable bonds is 4. The van der Waals surface area contributed by atoms with Crippen LogP contribution in [0.1, 0.15) is 50.1 Å². The van der Waals surface area contributed by atoms with Crippen LogP contribution in [-0.2, 0) is 9.53 Å². The van der Waals surface area contributed by atoms with Crippen molar-refractivity contribution in [3.05, 3.63) is 18.0 Å². The molecule has 6 nitrogen and oxygen atoms in total. The van der Waals surface area contributed by atoms with Crippen LogP contribution in [0.3, 0.4) is 0 Å². The summed E-state index contributed by atoms with van der Waals surface area (Å²) in [6.07, 6.45) is 2.96. The van der Waals surface area contributed by atoms with E-state index in [1.165, 1.54) is 0 Å². The number of hydrogen-bond acceptors (Lipinski definition) is 4. The third-order valence-corrected chi connectivity index (χ3v) is 3.68. The van der Waals surface area contributed by atoms with Gasteiger partial charge in [-0.2, -0.15) is 0 Å². The molecule has 1 aliphatic heterocycles. The van der Waals surface area contributed by atoms with E-state index in [1.807, 2.05) is 13.8 Å². The number of nitrogens with two attached hydrogens (primary N) is 1. The van der Waals surface area contributed by atoms with E-state index in [9.17, 15) is 9.59 Å². The maximum atomic E-state index is 12.2. The van der Waals surface area contributed by atoms with E-state index >= 15 is 0 Å². The molecule has 1 aliphatic rings. The summed E-state index contributed by atoms with van der Waals surface area (Å²) in [5, 5.41) is 0. The summed E-state index contributed by atoms with van der Waals surface area (Å²) in [4.78, 5) is 26.1. The number of aromatic nitrogens is 1. The average molecular weight is 293 g/mol. The van der Waals surface area contributed by atoms with Crippen LogP contribution < -0.4 is 5.73 Å². The van der Waals surface area contributed by atoms with Gasteiger partial charge in [-0.3, -0.25) is 4.79 Å². The summed E-state index contributed by atoms with van der Waals surface area (Å²) in [6.45, 7) is 7.01. The summed E-state index contributed by atoms with van der Waals surface area (Å²) in [5.74, 6) is -0.642. The Bertz CT molecular complexity index is 530. The average Bonchev–Trinajstić information content (AvgIpc) is 3.06. The molecule has 6 heteroatoms. The molecular formula is C15H23N3O3. The van der Waals surface area contributed by atoms with E-state index in [0.717, 1.165) is 25.9 Å². The molecule has 21 heavy (non-hydrogen) atoms. The van der Waals surface area contributed by atoms with Crippen LogP contribution in [0, 0.1) is 0 Å². The summed E-state index contributed by atoms with van der Waals surface area (Å²) in [6, 6.07) is 1.67. The lowest BCUT2D eigenvalue weighted by Gasteiger charge is -2.21. The molecule has 1 unspecified atom stereocenters. The van der Waals surface area contributed by atoms with Gasteiger partial charge in [0.25, 0.3) is 5.91 Å². The van der Waals surface area contributed by atoms with E-state index < -0.39 is 12.1 Å². The second-order valence-electron chi connectivity index (χ2n) is 5.74. The van der Waals surface area contributed by atoms with Crippen molar-refractivity contribution in [3.8, 4) is 0 Å². The fourth-order valence-corrected chi connectivity index (χ4v) is 2.56. The van der Waals surface area contributed by atoms with Gasteiger partial charge < -0.3 is 19.9 Å². The number of likely N-dealkylation sites (tertiary alicyclic amines) is 1. The van der Waals surface area contributed by atoms with Gasteiger partial charge in [-0.25, -0.2) is 4.79 Å². The molecule has 0 bridgehead atoms. The third-order valence-electron chi connectivity index (χ3n) is 3.68. The summed E-state index contributed by atoms with van der Waals surface area (Å²) >= 11 is 0. The minimum atomic E-state index is -0.771. The highest BCUT2D eigenvalue weighted by atomic mass is 16.5. The predicted octanol–water partition coefficient (Wildman–Crippen LogP) is 1.82. The van der Waals surface area contributed by atoms with Gasteiger partial charge in [0, 0.05) is 25.3 Å². The highest BCUT2D eigenvalue weighted by Crippen LogP contribution is 2.18. The Morgan fingerprint density at radius 1 is 1.24 bits per heavy atom. The molecule has 2 rings (SSSR count). The molecule has 1 fully saturated rings. The predicted molar refractivity (Wildman–Crippen MR) is 79.9 cm³/mol. The second-order valence-corrected chi connectivity index (χ2v) is 5.74. The Morgan fingerprint density at radius 2 is 1.86 bits per heavy atom. The van der Waals surface area contributed by atoms with Crippen LogP contribution in [0.5, 0.6) is 0 Å². The Labute approximate surface area is 124 Å². The van der Waals surface area contributed by atoms with Crippen molar-refractivity contribution in [1.82, 2.24) is 9.47 Å². The summed E-state index contributed by atoms with van der Waals surface area (Å²) in [7, 11) is 0.